The SMILES string of the molecule is Fc1ccc(Cl)c(NCc2cc(Cl)cs2)c1. The number of rotatable bonds is 3. The summed E-state index contributed by atoms with van der Waals surface area (Å²) in [6, 6.07) is 6.10. The molecule has 0 amide bonds. The second-order valence-electron chi connectivity index (χ2n) is 3.21. The molecule has 1 aromatic carbocycles. The molecule has 0 saturated carbocycles. The lowest BCUT2D eigenvalue weighted by Crippen LogP contribution is -1.98. The summed E-state index contributed by atoms with van der Waals surface area (Å²) in [7, 11) is 0. The molecule has 84 valence electrons. The summed E-state index contributed by atoms with van der Waals surface area (Å²) in [4.78, 5) is 1.07. The van der Waals surface area contributed by atoms with Gasteiger partial charge >= 0.3 is 0 Å². The Morgan fingerprint density at radius 1 is 1.25 bits per heavy atom. The number of hydrogen-bond donors (Lipinski definition) is 1. The van der Waals surface area contributed by atoms with Gasteiger partial charge in [0.25, 0.3) is 0 Å². The van der Waals surface area contributed by atoms with Gasteiger partial charge in [-0.3, -0.25) is 0 Å². The molecule has 0 unspecified atom stereocenters. The van der Waals surface area contributed by atoms with E-state index in [9.17, 15) is 4.39 Å². The molecule has 0 aliphatic carbocycles. The van der Waals surface area contributed by atoms with Crippen LogP contribution in [0.25, 0.3) is 0 Å². The van der Waals surface area contributed by atoms with Crippen LogP contribution in [0.2, 0.25) is 10.0 Å². The third-order valence-corrected chi connectivity index (χ3v) is 3.62. The Hall–Kier alpha value is -0.770. The number of hydrogen-bond acceptors (Lipinski definition) is 2. The van der Waals surface area contributed by atoms with Gasteiger partial charge in [0.05, 0.1) is 15.7 Å². The van der Waals surface area contributed by atoms with Crippen molar-refractivity contribution in [3.63, 3.8) is 0 Å². The van der Waals surface area contributed by atoms with E-state index in [4.69, 9.17) is 23.2 Å². The van der Waals surface area contributed by atoms with E-state index in [0.717, 1.165) is 4.88 Å². The van der Waals surface area contributed by atoms with Gasteiger partial charge in [0, 0.05) is 16.8 Å². The Morgan fingerprint density at radius 2 is 2.06 bits per heavy atom. The first-order valence-corrected chi connectivity index (χ1v) is 6.20. The molecular weight excluding hydrogens is 268 g/mol. The quantitative estimate of drug-likeness (QED) is 0.848. The number of halogens is 3. The summed E-state index contributed by atoms with van der Waals surface area (Å²) in [5, 5.41) is 6.13. The Labute approximate surface area is 107 Å². The van der Waals surface area contributed by atoms with Crippen LogP contribution in [0.4, 0.5) is 10.1 Å². The lowest BCUT2D eigenvalue weighted by atomic mass is 10.3. The zero-order valence-electron chi connectivity index (χ0n) is 8.14. The maximum absolute atomic E-state index is 13.0. The molecule has 0 radical (unpaired) electrons. The molecule has 0 atom stereocenters. The molecule has 5 heteroatoms. The lowest BCUT2D eigenvalue weighted by Gasteiger charge is -2.06. The normalized spacial score (nSPS) is 10.4. The molecule has 0 spiro atoms. The molecule has 2 rings (SSSR count). The highest BCUT2D eigenvalue weighted by atomic mass is 35.5. The van der Waals surface area contributed by atoms with Crippen LogP contribution in [0.5, 0.6) is 0 Å². The summed E-state index contributed by atoms with van der Waals surface area (Å²) in [6.07, 6.45) is 0. The van der Waals surface area contributed by atoms with Gasteiger partial charge in [-0.2, -0.15) is 0 Å². The Balaban J connectivity index is 2.07. The molecule has 0 bridgehead atoms. The number of anilines is 1. The average molecular weight is 276 g/mol. The zero-order valence-corrected chi connectivity index (χ0v) is 10.5. The van der Waals surface area contributed by atoms with Crippen molar-refractivity contribution < 1.29 is 4.39 Å². The van der Waals surface area contributed by atoms with Crippen molar-refractivity contribution in [3.05, 3.63) is 50.4 Å². The molecule has 1 aromatic heterocycles. The molecule has 0 saturated heterocycles. The van der Waals surface area contributed by atoms with Crippen LogP contribution in [0, 0.1) is 5.82 Å². The predicted molar refractivity (Wildman–Crippen MR) is 68.1 cm³/mol. The van der Waals surface area contributed by atoms with Crippen LogP contribution in [-0.2, 0) is 6.54 Å². The minimum absolute atomic E-state index is 0.309. The Bertz CT molecular complexity index is 498. The molecule has 16 heavy (non-hydrogen) atoms. The highest BCUT2D eigenvalue weighted by molar-refractivity contribution is 7.10. The molecule has 0 fully saturated rings. The van der Waals surface area contributed by atoms with Crippen LogP contribution in [0.15, 0.2) is 29.6 Å². The highest BCUT2D eigenvalue weighted by Gasteiger charge is 2.03. The zero-order chi connectivity index (χ0) is 11.5. The van der Waals surface area contributed by atoms with E-state index in [0.29, 0.717) is 22.3 Å². The van der Waals surface area contributed by atoms with Gasteiger partial charge in [-0.05, 0) is 24.3 Å². The monoisotopic (exact) mass is 275 g/mol. The Kier molecular flexibility index (Phi) is 3.69. The van der Waals surface area contributed by atoms with E-state index >= 15 is 0 Å². The van der Waals surface area contributed by atoms with E-state index in [-0.39, 0.29) is 5.82 Å². The van der Waals surface area contributed by atoms with Crippen molar-refractivity contribution >= 4 is 40.2 Å². The van der Waals surface area contributed by atoms with Crippen molar-refractivity contribution in [2.75, 3.05) is 5.32 Å². The van der Waals surface area contributed by atoms with Crippen molar-refractivity contribution in [2.45, 2.75) is 6.54 Å². The van der Waals surface area contributed by atoms with Gasteiger partial charge in [0.15, 0.2) is 0 Å². The highest BCUT2D eigenvalue weighted by Crippen LogP contribution is 2.25. The van der Waals surface area contributed by atoms with Crippen molar-refractivity contribution in [1.82, 2.24) is 0 Å². The van der Waals surface area contributed by atoms with Gasteiger partial charge < -0.3 is 5.32 Å². The lowest BCUT2D eigenvalue weighted by molar-refractivity contribution is 0.628. The summed E-state index contributed by atoms with van der Waals surface area (Å²) in [5.41, 5.74) is 0.589. The number of benzene rings is 1. The summed E-state index contributed by atoms with van der Waals surface area (Å²) in [5.74, 6) is -0.309. The van der Waals surface area contributed by atoms with Crippen LogP contribution in [0.1, 0.15) is 4.88 Å². The summed E-state index contributed by atoms with van der Waals surface area (Å²) < 4.78 is 13.0. The van der Waals surface area contributed by atoms with Crippen LogP contribution >= 0.6 is 34.5 Å². The molecule has 1 heterocycles. The predicted octanol–water partition coefficient (Wildman–Crippen LogP) is 4.81. The maximum atomic E-state index is 13.0. The van der Waals surface area contributed by atoms with Crippen molar-refractivity contribution in [2.24, 2.45) is 0 Å². The van der Waals surface area contributed by atoms with Gasteiger partial charge in [-0.1, -0.05) is 23.2 Å². The number of nitrogens with one attached hydrogen (secondary N) is 1. The fourth-order valence-electron chi connectivity index (χ4n) is 1.26. The minimum atomic E-state index is -0.309. The van der Waals surface area contributed by atoms with Crippen LogP contribution in [0.3, 0.4) is 0 Å². The second kappa shape index (κ2) is 5.04. The fourth-order valence-corrected chi connectivity index (χ4v) is 2.46. The third-order valence-electron chi connectivity index (χ3n) is 2.00. The van der Waals surface area contributed by atoms with Gasteiger partial charge in [-0.25, -0.2) is 4.39 Å². The molecule has 0 aliphatic rings. The maximum Gasteiger partial charge on any atom is 0.125 e. The van der Waals surface area contributed by atoms with Crippen molar-refractivity contribution in [3.8, 4) is 0 Å². The largest absolute Gasteiger partial charge is 0.379 e. The molecule has 1 nitrogen and oxygen atoms in total. The van der Waals surface area contributed by atoms with E-state index in [2.05, 4.69) is 5.32 Å². The summed E-state index contributed by atoms with van der Waals surface area (Å²) >= 11 is 13.3. The van der Waals surface area contributed by atoms with Crippen LogP contribution in [-0.4, -0.2) is 0 Å². The van der Waals surface area contributed by atoms with Gasteiger partial charge in [0.1, 0.15) is 5.82 Å². The van der Waals surface area contributed by atoms with E-state index < -0.39 is 0 Å². The van der Waals surface area contributed by atoms with E-state index in [1.807, 2.05) is 11.4 Å². The first-order chi connectivity index (χ1) is 7.65. The van der Waals surface area contributed by atoms with E-state index in [1.54, 1.807) is 11.3 Å². The molecule has 2 aromatic rings. The Morgan fingerprint density at radius 3 is 2.75 bits per heavy atom. The van der Waals surface area contributed by atoms with Gasteiger partial charge in [0.2, 0.25) is 0 Å². The smallest absolute Gasteiger partial charge is 0.125 e. The molecule has 1 N–H and O–H groups in total. The third kappa shape index (κ3) is 2.88. The molecular formula is C11H8Cl2FNS. The number of thiophene rings is 1. The average Bonchev–Trinajstić information content (AvgIpc) is 2.66. The standard InChI is InChI=1S/C11H8Cl2FNS/c12-7-3-9(16-6-7)5-15-11-4-8(14)1-2-10(11)13/h1-4,6,15H,5H2. The fraction of sp³-hybridized carbons (Fsp3) is 0.0909. The van der Waals surface area contributed by atoms with Crippen LogP contribution < -0.4 is 5.32 Å². The first kappa shape index (κ1) is 11.7. The minimum Gasteiger partial charge on any atom is -0.379 e. The second-order valence-corrected chi connectivity index (χ2v) is 5.05. The molecule has 0 aliphatic heterocycles. The topological polar surface area (TPSA) is 12.0 Å². The van der Waals surface area contributed by atoms with Crippen molar-refractivity contribution in [1.29, 1.82) is 0 Å². The van der Waals surface area contributed by atoms with Gasteiger partial charge in [-0.15, -0.1) is 11.3 Å². The van der Waals surface area contributed by atoms with E-state index in [1.165, 1.54) is 18.2 Å². The summed E-state index contributed by atoms with van der Waals surface area (Å²) in [6.45, 7) is 0.584. The first-order valence-electron chi connectivity index (χ1n) is 4.57.